The van der Waals surface area contributed by atoms with E-state index >= 15 is 0 Å². The first-order chi connectivity index (χ1) is 24.4. The van der Waals surface area contributed by atoms with Gasteiger partial charge in [-0.15, -0.1) is 0 Å². The molecule has 0 atom stereocenters. The van der Waals surface area contributed by atoms with Crippen LogP contribution < -0.4 is 20.9 Å². The van der Waals surface area contributed by atoms with Gasteiger partial charge >= 0.3 is 12.1 Å². The molecule has 0 saturated carbocycles. The average molecular weight is 733 g/mol. The normalized spacial score (nSPS) is 10.8. The minimum Gasteiger partial charge on any atom is -0.341 e. The van der Waals surface area contributed by atoms with Crippen molar-refractivity contribution in [3.8, 4) is 0 Å². The minimum atomic E-state index is -5.14. The Hall–Kier alpha value is -5.90. The molecule has 16 heteroatoms. The fourth-order valence-electron chi connectivity index (χ4n) is 4.58. The third kappa shape index (κ3) is 11.3. The lowest BCUT2D eigenvalue weighted by Crippen LogP contribution is -2.39. The molecule has 3 amide bonds. The second kappa shape index (κ2) is 17.8. The molecular formula is C36H31F7N4O5. The van der Waals surface area contributed by atoms with Gasteiger partial charge < -0.3 is 20.9 Å². The quantitative estimate of drug-likeness (QED) is 0.143. The third-order valence-corrected chi connectivity index (χ3v) is 7.26. The Bertz CT molecular complexity index is 1970. The first kappa shape index (κ1) is 40.5. The number of ketones is 2. The summed E-state index contributed by atoms with van der Waals surface area (Å²) in [5.74, 6) is -7.00. The van der Waals surface area contributed by atoms with Gasteiger partial charge in [0.05, 0.1) is 26.2 Å². The van der Waals surface area contributed by atoms with Crippen LogP contribution in [0.1, 0.15) is 45.7 Å². The number of amides is 3. The molecule has 0 aliphatic rings. The van der Waals surface area contributed by atoms with Crippen molar-refractivity contribution in [1.29, 1.82) is 0 Å². The standard InChI is InChI=1S/C19H15F5N2O3.C17H16F2N2O2/c1-11(27)26(15-4-2-3-14(20)8-15)10-13-6-5-12(7-16(13)21)17(28)9-25-18(29)19(22,23)24;1-11(22)21(15-4-2-3-14(18)8-15)10-13-6-5-12(7-16(13)19)17(23)9-20/h2-8H,9-10H2,1H3,(H,25,29);2-8H,9-10,20H2,1H3. The number of anilines is 2. The number of rotatable bonds is 11. The van der Waals surface area contributed by atoms with Gasteiger partial charge in [-0.05, 0) is 48.5 Å². The summed E-state index contributed by atoms with van der Waals surface area (Å²) in [6, 6.07) is 17.7. The smallest absolute Gasteiger partial charge is 0.341 e. The first-order valence-electron chi connectivity index (χ1n) is 15.2. The van der Waals surface area contributed by atoms with E-state index in [0.29, 0.717) is 5.69 Å². The number of nitrogens with one attached hydrogen (secondary N) is 1. The Morgan fingerprint density at radius 2 is 1.06 bits per heavy atom. The summed E-state index contributed by atoms with van der Waals surface area (Å²) in [6.45, 7) is 1.03. The van der Waals surface area contributed by atoms with Crippen LogP contribution >= 0.6 is 0 Å². The van der Waals surface area contributed by atoms with Gasteiger partial charge in [-0.1, -0.05) is 36.4 Å². The van der Waals surface area contributed by atoms with Crippen LogP contribution in [0.3, 0.4) is 0 Å². The molecule has 0 fully saturated rings. The zero-order valence-electron chi connectivity index (χ0n) is 27.6. The van der Waals surface area contributed by atoms with E-state index in [-0.39, 0.29) is 59.3 Å². The lowest BCUT2D eigenvalue weighted by molar-refractivity contribution is -0.173. The molecule has 4 aromatic carbocycles. The van der Waals surface area contributed by atoms with E-state index in [0.717, 1.165) is 29.2 Å². The lowest BCUT2D eigenvalue weighted by Gasteiger charge is -2.22. The maximum atomic E-state index is 14.4. The van der Waals surface area contributed by atoms with Crippen LogP contribution in [0.25, 0.3) is 0 Å². The van der Waals surface area contributed by atoms with Gasteiger partial charge in [-0.25, -0.2) is 17.6 Å². The summed E-state index contributed by atoms with van der Waals surface area (Å²) in [6.07, 6.45) is -5.14. The van der Waals surface area contributed by atoms with Gasteiger partial charge in [-0.3, -0.25) is 24.0 Å². The summed E-state index contributed by atoms with van der Waals surface area (Å²) in [5.41, 5.74) is 5.92. The van der Waals surface area contributed by atoms with E-state index in [1.807, 2.05) is 0 Å². The van der Waals surface area contributed by atoms with Crippen LogP contribution in [0.4, 0.5) is 42.1 Å². The SMILES string of the molecule is CC(=O)N(Cc1ccc(C(=O)CN)cc1F)c1cccc(F)c1.CC(=O)N(Cc1ccc(C(=O)CNC(=O)C(F)(F)F)cc1F)c1cccc(F)c1. The molecule has 3 N–H and O–H groups in total. The maximum Gasteiger partial charge on any atom is 0.471 e. The largest absolute Gasteiger partial charge is 0.471 e. The number of halogens is 7. The topological polar surface area (TPSA) is 130 Å². The second-order valence-corrected chi connectivity index (χ2v) is 11.0. The Kier molecular flexibility index (Phi) is 13.9. The van der Waals surface area contributed by atoms with Crippen molar-refractivity contribution >= 4 is 40.7 Å². The van der Waals surface area contributed by atoms with Gasteiger partial charge in [0, 0.05) is 47.5 Å². The van der Waals surface area contributed by atoms with E-state index in [2.05, 4.69) is 0 Å². The van der Waals surface area contributed by atoms with Crippen molar-refractivity contribution in [2.45, 2.75) is 33.1 Å². The van der Waals surface area contributed by atoms with Crippen molar-refractivity contribution < 1.29 is 54.7 Å². The number of carbonyl (C=O) groups excluding carboxylic acids is 5. The first-order valence-corrected chi connectivity index (χ1v) is 15.2. The average Bonchev–Trinajstić information content (AvgIpc) is 3.08. The molecule has 274 valence electrons. The van der Waals surface area contributed by atoms with E-state index in [9.17, 15) is 54.7 Å². The van der Waals surface area contributed by atoms with Crippen LogP contribution in [0.2, 0.25) is 0 Å². The zero-order valence-corrected chi connectivity index (χ0v) is 27.6. The maximum absolute atomic E-state index is 14.4. The van der Waals surface area contributed by atoms with Crippen molar-refractivity contribution in [2.75, 3.05) is 22.9 Å². The van der Waals surface area contributed by atoms with Crippen molar-refractivity contribution in [1.82, 2.24) is 5.32 Å². The van der Waals surface area contributed by atoms with Gasteiger partial charge in [0.2, 0.25) is 11.8 Å². The molecule has 0 aliphatic heterocycles. The molecule has 52 heavy (non-hydrogen) atoms. The second-order valence-electron chi connectivity index (χ2n) is 11.0. The molecule has 0 heterocycles. The molecule has 0 aromatic heterocycles. The van der Waals surface area contributed by atoms with Crippen molar-refractivity contribution in [2.24, 2.45) is 5.73 Å². The number of alkyl halides is 3. The number of Topliss-reactive ketones (excluding diaryl/α,β-unsaturated/α-hetero) is 2. The Balaban J connectivity index is 0.000000288. The van der Waals surface area contributed by atoms with Crippen LogP contribution in [-0.2, 0) is 27.5 Å². The van der Waals surface area contributed by atoms with Crippen LogP contribution in [-0.4, -0.2) is 48.6 Å². The third-order valence-electron chi connectivity index (χ3n) is 7.26. The van der Waals surface area contributed by atoms with Gasteiger partial charge in [0.15, 0.2) is 11.6 Å². The Morgan fingerprint density at radius 3 is 1.40 bits per heavy atom. The number of nitrogens with two attached hydrogens (primary N) is 1. The zero-order chi connectivity index (χ0) is 38.7. The highest BCUT2D eigenvalue weighted by Crippen LogP contribution is 2.23. The van der Waals surface area contributed by atoms with Crippen LogP contribution in [0.15, 0.2) is 84.9 Å². The van der Waals surface area contributed by atoms with Gasteiger partial charge in [0.25, 0.3) is 0 Å². The molecule has 0 radical (unpaired) electrons. The summed E-state index contributed by atoms with van der Waals surface area (Å²) in [4.78, 5) is 60.1. The fourth-order valence-corrected chi connectivity index (χ4v) is 4.58. The van der Waals surface area contributed by atoms with Crippen LogP contribution in [0, 0.1) is 23.3 Å². The summed E-state index contributed by atoms with van der Waals surface area (Å²) >= 11 is 0. The van der Waals surface area contributed by atoms with Crippen molar-refractivity contribution in [3.05, 3.63) is 130 Å². The molecule has 4 rings (SSSR count). The highest BCUT2D eigenvalue weighted by Gasteiger charge is 2.38. The molecule has 0 saturated heterocycles. The molecule has 0 bridgehead atoms. The van der Waals surface area contributed by atoms with Gasteiger partial charge in [0.1, 0.15) is 23.3 Å². The number of carbonyl (C=O) groups is 5. The molecule has 0 aliphatic carbocycles. The predicted octanol–water partition coefficient (Wildman–Crippen LogP) is 6.04. The molecule has 9 nitrogen and oxygen atoms in total. The van der Waals surface area contributed by atoms with E-state index in [1.165, 1.54) is 78.7 Å². The summed E-state index contributed by atoms with van der Waals surface area (Å²) < 4.78 is 91.7. The number of hydrogen-bond donors (Lipinski definition) is 2. The summed E-state index contributed by atoms with van der Waals surface area (Å²) in [7, 11) is 0. The molecular weight excluding hydrogens is 701 g/mol. The van der Waals surface area contributed by atoms with E-state index in [4.69, 9.17) is 5.73 Å². The Morgan fingerprint density at radius 1 is 0.635 bits per heavy atom. The van der Waals surface area contributed by atoms with Crippen molar-refractivity contribution in [3.63, 3.8) is 0 Å². The number of hydrogen-bond acceptors (Lipinski definition) is 6. The fraction of sp³-hybridized carbons (Fsp3) is 0.194. The Labute approximate surface area is 292 Å². The number of nitrogens with zero attached hydrogens (tertiary/aromatic N) is 2. The number of benzene rings is 4. The van der Waals surface area contributed by atoms with E-state index in [1.54, 1.807) is 6.07 Å². The molecule has 0 spiro atoms. The molecule has 4 aromatic rings. The highest BCUT2D eigenvalue weighted by atomic mass is 19.4. The predicted molar refractivity (Wildman–Crippen MR) is 176 cm³/mol. The van der Waals surface area contributed by atoms with Crippen LogP contribution in [0.5, 0.6) is 0 Å². The lowest BCUT2D eigenvalue weighted by atomic mass is 10.1. The summed E-state index contributed by atoms with van der Waals surface area (Å²) in [5, 5.41) is 1.40. The van der Waals surface area contributed by atoms with E-state index < -0.39 is 53.6 Å². The minimum absolute atomic E-state index is 0.000313. The van der Waals surface area contributed by atoms with Gasteiger partial charge in [-0.2, -0.15) is 13.2 Å². The molecule has 0 unspecified atom stereocenters. The monoisotopic (exact) mass is 732 g/mol. The highest BCUT2D eigenvalue weighted by molar-refractivity contribution is 6.00.